The van der Waals surface area contributed by atoms with Crippen LogP contribution in [-0.2, 0) is 6.42 Å². The molecule has 1 rings (SSSR count). The molecular formula is C11H14F. The number of hydrogen-bond donors (Lipinski definition) is 0. The molecular weight excluding hydrogens is 151 g/mol. The Morgan fingerprint density at radius 2 is 2.17 bits per heavy atom. The number of hydrogen-bond acceptors (Lipinski definition) is 0. The van der Waals surface area contributed by atoms with E-state index in [1.807, 2.05) is 12.1 Å². The summed E-state index contributed by atoms with van der Waals surface area (Å²) in [7, 11) is 0. The van der Waals surface area contributed by atoms with Crippen molar-refractivity contribution in [3.63, 3.8) is 0 Å². The first-order valence-corrected chi connectivity index (χ1v) is 4.29. The third-order valence-electron chi connectivity index (χ3n) is 1.97. The van der Waals surface area contributed by atoms with E-state index < -0.39 is 0 Å². The van der Waals surface area contributed by atoms with E-state index in [-0.39, 0.29) is 5.82 Å². The van der Waals surface area contributed by atoms with Crippen LogP contribution in [0.25, 0.3) is 0 Å². The molecule has 0 aliphatic heterocycles. The number of unbranched alkanes of at least 4 members (excludes halogenated alkanes) is 1. The summed E-state index contributed by atoms with van der Waals surface area (Å²) in [5.74, 6) is -0.0500. The molecule has 0 spiro atoms. The molecule has 0 atom stereocenters. The third kappa shape index (κ3) is 2.07. The lowest BCUT2D eigenvalue weighted by atomic mass is 10.1. The Hall–Kier alpha value is -0.850. The van der Waals surface area contributed by atoms with E-state index in [1.54, 1.807) is 13.0 Å². The van der Waals surface area contributed by atoms with E-state index >= 15 is 0 Å². The van der Waals surface area contributed by atoms with Gasteiger partial charge in [-0.3, -0.25) is 0 Å². The lowest BCUT2D eigenvalue weighted by Gasteiger charge is -2.03. The van der Waals surface area contributed by atoms with Crippen LogP contribution >= 0.6 is 0 Å². The van der Waals surface area contributed by atoms with Crippen molar-refractivity contribution in [2.24, 2.45) is 0 Å². The Morgan fingerprint density at radius 1 is 1.42 bits per heavy atom. The smallest absolute Gasteiger partial charge is 0.129 e. The molecule has 0 aromatic heterocycles. The van der Waals surface area contributed by atoms with Gasteiger partial charge in [-0.2, -0.15) is 0 Å². The van der Waals surface area contributed by atoms with Crippen LogP contribution in [0.4, 0.5) is 4.39 Å². The average molecular weight is 165 g/mol. The molecule has 1 radical (unpaired) electrons. The first kappa shape index (κ1) is 9.24. The van der Waals surface area contributed by atoms with E-state index in [1.165, 1.54) is 0 Å². The normalized spacial score (nSPS) is 10.2. The summed E-state index contributed by atoms with van der Waals surface area (Å²) in [6, 6.07) is 5.54. The Bertz CT molecular complexity index is 253. The molecule has 0 fully saturated rings. The molecule has 0 aliphatic carbocycles. The zero-order valence-corrected chi connectivity index (χ0v) is 7.44. The van der Waals surface area contributed by atoms with Crippen molar-refractivity contribution in [3.05, 3.63) is 42.1 Å². The SMILES string of the molecule is [CH2]CCCc1cccc(C)c1F. The molecule has 0 saturated carbocycles. The van der Waals surface area contributed by atoms with Crippen LogP contribution < -0.4 is 0 Å². The summed E-state index contributed by atoms with van der Waals surface area (Å²) in [5.41, 5.74) is 1.55. The molecule has 1 heteroatoms. The second-order valence-electron chi connectivity index (χ2n) is 3.01. The minimum Gasteiger partial charge on any atom is -0.206 e. The second-order valence-corrected chi connectivity index (χ2v) is 3.01. The van der Waals surface area contributed by atoms with E-state index in [0.29, 0.717) is 0 Å². The van der Waals surface area contributed by atoms with Gasteiger partial charge in [0.05, 0.1) is 0 Å². The summed E-state index contributed by atoms with van der Waals surface area (Å²) < 4.78 is 13.3. The summed E-state index contributed by atoms with van der Waals surface area (Å²) in [5, 5.41) is 0. The van der Waals surface area contributed by atoms with E-state index in [4.69, 9.17) is 0 Å². The summed E-state index contributed by atoms with van der Waals surface area (Å²) >= 11 is 0. The molecule has 0 N–H and O–H groups in total. The van der Waals surface area contributed by atoms with E-state index in [2.05, 4.69) is 6.92 Å². The molecule has 0 heterocycles. The zero-order chi connectivity index (χ0) is 8.97. The highest BCUT2D eigenvalue weighted by Crippen LogP contribution is 2.13. The van der Waals surface area contributed by atoms with Gasteiger partial charge in [0.25, 0.3) is 0 Å². The zero-order valence-electron chi connectivity index (χ0n) is 7.44. The topological polar surface area (TPSA) is 0 Å². The molecule has 65 valence electrons. The van der Waals surface area contributed by atoms with Gasteiger partial charge in [0.15, 0.2) is 0 Å². The fraction of sp³-hybridized carbons (Fsp3) is 0.364. The molecule has 12 heavy (non-hydrogen) atoms. The standard InChI is InChI=1S/C11H14F/c1-3-4-7-10-8-5-6-9(2)11(10)12/h5-6,8H,1,3-4,7H2,2H3. The fourth-order valence-corrected chi connectivity index (χ4v) is 1.22. The average Bonchev–Trinajstić information content (AvgIpc) is 2.08. The third-order valence-corrected chi connectivity index (χ3v) is 1.97. The quantitative estimate of drug-likeness (QED) is 0.644. The number of benzene rings is 1. The van der Waals surface area contributed by atoms with Gasteiger partial charge >= 0.3 is 0 Å². The molecule has 0 saturated heterocycles. The first-order chi connectivity index (χ1) is 5.75. The largest absolute Gasteiger partial charge is 0.206 e. The van der Waals surface area contributed by atoms with Gasteiger partial charge in [-0.25, -0.2) is 4.39 Å². The van der Waals surface area contributed by atoms with Crippen LogP contribution in [0.2, 0.25) is 0 Å². The number of rotatable bonds is 3. The van der Waals surface area contributed by atoms with Crippen LogP contribution in [0.3, 0.4) is 0 Å². The minimum atomic E-state index is -0.0500. The van der Waals surface area contributed by atoms with Gasteiger partial charge in [-0.1, -0.05) is 31.5 Å². The molecule has 1 aromatic carbocycles. The maximum absolute atomic E-state index is 13.3. The molecule has 0 aliphatic rings. The molecule has 0 unspecified atom stereocenters. The fourth-order valence-electron chi connectivity index (χ4n) is 1.22. The van der Waals surface area contributed by atoms with Gasteiger partial charge in [0, 0.05) is 0 Å². The van der Waals surface area contributed by atoms with Gasteiger partial charge in [-0.05, 0) is 30.9 Å². The molecule has 0 amide bonds. The van der Waals surface area contributed by atoms with Gasteiger partial charge < -0.3 is 0 Å². The maximum Gasteiger partial charge on any atom is 0.129 e. The van der Waals surface area contributed by atoms with Crippen molar-refractivity contribution < 1.29 is 4.39 Å². The monoisotopic (exact) mass is 165 g/mol. The second kappa shape index (κ2) is 4.24. The van der Waals surface area contributed by atoms with Crippen LogP contribution in [0.1, 0.15) is 24.0 Å². The Kier molecular flexibility index (Phi) is 3.27. The van der Waals surface area contributed by atoms with Gasteiger partial charge in [0.1, 0.15) is 5.82 Å². The lowest BCUT2D eigenvalue weighted by Crippen LogP contribution is -1.92. The predicted octanol–water partition coefficient (Wildman–Crippen LogP) is 3.29. The minimum absolute atomic E-state index is 0.0500. The molecule has 0 nitrogen and oxygen atoms in total. The Labute approximate surface area is 73.4 Å². The summed E-state index contributed by atoms with van der Waals surface area (Å²) in [4.78, 5) is 0. The summed E-state index contributed by atoms with van der Waals surface area (Å²) in [6.07, 6.45) is 2.63. The Balaban J connectivity index is 2.78. The van der Waals surface area contributed by atoms with E-state index in [0.717, 1.165) is 30.4 Å². The Morgan fingerprint density at radius 3 is 2.83 bits per heavy atom. The van der Waals surface area contributed by atoms with Gasteiger partial charge in [0.2, 0.25) is 0 Å². The number of aryl methyl sites for hydroxylation is 2. The predicted molar refractivity (Wildman–Crippen MR) is 49.4 cm³/mol. The first-order valence-electron chi connectivity index (χ1n) is 4.29. The van der Waals surface area contributed by atoms with Crippen LogP contribution in [0, 0.1) is 19.7 Å². The molecule has 1 aromatic rings. The van der Waals surface area contributed by atoms with Gasteiger partial charge in [-0.15, -0.1) is 0 Å². The van der Waals surface area contributed by atoms with Crippen LogP contribution in [0.5, 0.6) is 0 Å². The van der Waals surface area contributed by atoms with Crippen molar-refractivity contribution in [2.45, 2.75) is 26.2 Å². The maximum atomic E-state index is 13.3. The lowest BCUT2D eigenvalue weighted by molar-refractivity contribution is 0.596. The highest BCUT2D eigenvalue weighted by molar-refractivity contribution is 5.24. The van der Waals surface area contributed by atoms with Crippen molar-refractivity contribution in [1.82, 2.24) is 0 Å². The highest BCUT2D eigenvalue weighted by atomic mass is 19.1. The molecule has 0 bridgehead atoms. The highest BCUT2D eigenvalue weighted by Gasteiger charge is 2.02. The van der Waals surface area contributed by atoms with Crippen LogP contribution in [0.15, 0.2) is 18.2 Å². The van der Waals surface area contributed by atoms with Crippen molar-refractivity contribution in [3.8, 4) is 0 Å². The van der Waals surface area contributed by atoms with Crippen molar-refractivity contribution >= 4 is 0 Å². The van der Waals surface area contributed by atoms with Crippen LogP contribution in [-0.4, -0.2) is 0 Å². The van der Waals surface area contributed by atoms with Crippen molar-refractivity contribution in [2.75, 3.05) is 0 Å². The van der Waals surface area contributed by atoms with E-state index in [9.17, 15) is 4.39 Å². The van der Waals surface area contributed by atoms with Crippen molar-refractivity contribution in [1.29, 1.82) is 0 Å². The number of halogens is 1. The summed E-state index contributed by atoms with van der Waals surface area (Å²) in [6.45, 7) is 5.53.